The molecule has 1 aliphatic rings. The minimum absolute atomic E-state index is 0.00808. The zero-order valence-corrected chi connectivity index (χ0v) is 19.0. The van der Waals surface area contributed by atoms with Gasteiger partial charge in [0.15, 0.2) is 11.5 Å². The van der Waals surface area contributed by atoms with E-state index in [0.29, 0.717) is 28.4 Å². The first-order chi connectivity index (χ1) is 16.5. The number of likely N-dealkylation sites (tertiary alicyclic amines) is 1. The minimum Gasteiger partial charge on any atom is -0.507 e. The van der Waals surface area contributed by atoms with Crippen LogP contribution in [-0.4, -0.2) is 48.0 Å². The summed E-state index contributed by atoms with van der Waals surface area (Å²) in [6.45, 7) is 0.151. The van der Waals surface area contributed by atoms with E-state index in [1.165, 1.54) is 19.1 Å². The van der Waals surface area contributed by atoms with Crippen LogP contribution in [0, 0.1) is 0 Å². The Labute approximate surface area is 197 Å². The number of aliphatic hydroxyl groups excluding tert-OH is 1. The molecule has 0 unspecified atom stereocenters. The number of hydrogen-bond acceptors (Lipinski definition) is 7. The van der Waals surface area contributed by atoms with Crippen molar-refractivity contribution in [2.75, 3.05) is 21.3 Å². The maximum absolute atomic E-state index is 13.2. The van der Waals surface area contributed by atoms with Crippen LogP contribution in [0.5, 0.6) is 17.2 Å². The van der Waals surface area contributed by atoms with Gasteiger partial charge in [0, 0.05) is 24.5 Å². The highest BCUT2D eigenvalue weighted by atomic mass is 16.5. The van der Waals surface area contributed by atoms with Gasteiger partial charge in [-0.15, -0.1) is 0 Å². The van der Waals surface area contributed by atoms with Crippen molar-refractivity contribution in [1.29, 1.82) is 0 Å². The van der Waals surface area contributed by atoms with Gasteiger partial charge in [0.05, 0.1) is 32.9 Å². The number of ketones is 1. The van der Waals surface area contributed by atoms with E-state index in [1.807, 2.05) is 6.07 Å². The Morgan fingerprint density at radius 2 is 1.71 bits per heavy atom. The molecule has 1 saturated heterocycles. The van der Waals surface area contributed by atoms with E-state index in [0.717, 1.165) is 5.56 Å². The molecule has 0 radical (unpaired) electrons. The second-order valence-corrected chi connectivity index (χ2v) is 7.63. The Morgan fingerprint density at radius 1 is 0.971 bits per heavy atom. The van der Waals surface area contributed by atoms with Crippen molar-refractivity contribution in [3.05, 3.63) is 89.3 Å². The van der Waals surface area contributed by atoms with Crippen LogP contribution in [-0.2, 0) is 16.1 Å². The summed E-state index contributed by atoms with van der Waals surface area (Å²) in [5.41, 5.74) is 1.74. The van der Waals surface area contributed by atoms with E-state index >= 15 is 0 Å². The SMILES string of the molecule is COc1ccc([C@@H]2/C(=C(\O)c3ccc(OC)c(OC)c3)C(=O)C(=O)N2Cc2cccnc2)cc1. The number of amides is 1. The van der Waals surface area contributed by atoms with Crippen molar-refractivity contribution < 1.29 is 28.9 Å². The second-order valence-electron chi connectivity index (χ2n) is 7.63. The fourth-order valence-electron chi connectivity index (χ4n) is 4.00. The first kappa shape index (κ1) is 22.8. The third-order valence-electron chi connectivity index (χ3n) is 5.70. The number of methoxy groups -OCH3 is 3. The maximum atomic E-state index is 13.2. The highest BCUT2D eigenvalue weighted by Crippen LogP contribution is 2.41. The number of Topliss-reactive ketones (excluding diaryl/α,β-unsaturated/α-hetero) is 1. The molecule has 1 fully saturated rings. The highest BCUT2D eigenvalue weighted by molar-refractivity contribution is 6.46. The summed E-state index contributed by atoms with van der Waals surface area (Å²) in [6, 6.07) is 14.6. The van der Waals surface area contributed by atoms with E-state index < -0.39 is 17.7 Å². The van der Waals surface area contributed by atoms with E-state index in [2.05, 4.69) is 4.98 Å². The summed E-state index contributed by atoms with van der Waals surface area (Å²) >= 11 is 0. The van der Waals surface area contributed by atoms with Crippen molar-refractivity contribution >= 4 is 17.4 Å². The first-order valence-electron chi connectivity index (χ1n) is 10.5. The summed E-state index contributed by atoms with van der Waals surface area (Å²) in [6.07, 6.45) is 3.27. The lowest BCUT2D eigenvalue weighted by atomic mass is 9.95. The van der Waals surface area contributed by atoms with Gasteiger partial charge in [-0.3, -0.25) is 14.6 Å². The quantitative estimate of drug-likeness (QED) is 0.326. The summed E-state index contributed by atoms with van der Waals surface area (Å²) < 4.78 is 15.8. The van der Waals surface area contributed by atoms with Crippen molar-refractivity contribution in [2.45, 2.75) is 12.6 Å². The number of carbonyl (C=O) groups excluding carboxylic acids is 2. The molecule has 4 rings (SSSR count). The van der Waals surface area contributed by atoms with Crippen LogP contribution in [0.1, 0.15) is 22.7 Å². The molecule has 1 N–H and O–H groups in total. The summed E-state index contributed by atoms with van der Waals surface area (Å²) in [5, 5.41) is 11.3. The number of pyridine rings is 1. The predicted octanol–water partition coefficient (Wildman–Crippen LogP) is 3.73. The van der Waals surface area contributed by atoms with E-state index in [4.69, 9.17) is 14.2 Å². The fourth-order valence-corrected chi connectivity index (χ4v) is 4.00. The molecule has 34 heavy (non-hydrogen) atoms. The second kappa shape index (κ2) is 9.66. The first-order valence-corrected chi connectivity index (χ1v) is 10.5. The lowest BCUT2D eigenvalue weighted by molar-refractivity contribution is -0.140. The topological polar surface area (TPSA) is 98.2 Å². The molecule has 1 atom stereocenters. The Kier molecular flexibility index (Phi) is 6.49. The van der Waals surface area contributed by atoms with E-state index in [9.17, 15) is 14.7 Å². The minimum atomic E-state index is -0.806. The standard InChI is InChI=1S/C26H24N2O6/c1-32-19-9-6-17(7-10-19)23-22(24(29)18-8-11-20(33-2)21(13-18)34-3)25(30)26(31)28(23)15-16-5-4-12-27-14-16/h4-14,23,29H,15H2,1-3H3/b24-22+/t23-/m1/s1. The average Bonchev–Trinajstić information content (AvgIpc) is 3.13. The molecule has 1 amide bonds. The number of hydrogen-bond donors (Lipinski definition) is 1. The van der Waals surface area contributed by atoms with E-state index in [-0.39, 0.29) is 17.9 Å². The zero-order valence-electron chi connectivity index (χ0n) is 19.0. The molecule has 0 aliphatic carbocycles. The normalized spacial score (nSPS) is 17.0. The van der Waals surface area contributed by atoms with Crippen LogP contribution in [0.25, 0.3) is 5.76 Å². The van der Waals surface area contributed by atoms with Crippen molar-refractivity contribution in [3.8, 4) is 17.2 Å². The predicted molar refractivity (Wildman–Crippen MR) is 125 cm³/mol. The van der Waals surface area contributed by atoms with Gasteiger partial charge in [0.2, 0.25) is 0 Å². The summed E-state index contributed by atoms with van der Waals surface area (Å²) in [7, 11) is 4.54. The summed E-state index contributed by atoms with van der Waals surface area (Å²) in [5.74, 6) is -0.273. The van der Waals surface area contributed by atoms with Crippen molar-refractivity contribution in [2.24, 2.45) is 0 Å². The molecule has 8 nitrogen and oxygen atoms in total. The molecule has 174 valence electrons. The van der Waals surface area contributed by atoms with Crippen LogP contribution >= 0.6 is 0 Å². The van der Waals surface area contributed by atoms with Gasteiger partial charge in [0.25, 0.3) is 11.7 Å². The number of benzene rings is 2. The molecule has 0 spiro atoms. The van der Waals surface area contributed by atoms with Crippen LogP contribution in [0.4, 0.5) is 0 Å². The van der Waals surface area contributed by atoms with Crippen LogP contribution < -0.4 is 14.2 Å². The van der Waals surface area contributed by atoms with Crippen LogP contribution in [0.15, 0.2) is 72.6 Å². The van der Waals surface area contributed by atoms with Crippen molar-refractivity contribution in [1.82, 2.24) is 9.88 Å². The molecule has 0 saturated carbocycles. The third kappa shape index (κ3) is 4.17. The number of rotatable bonds is 7. The van der Waals surface area contributed by atoms with Crippen LogP contribution in [0.3, 0.4) is 0 Å². The number of carbonyl (C=O) groups is 2. The molecule has 2 aromatic carbocycles. The lowest BCUT2D eigenvalue weighted by Crippen LogP contribution is -2.29. The molecular formula is C26H24N2O6. The van der Waals surface area contributed by atoms with Crippen LogP contribution in [0.2, 0.25) is 0 Å². The Balaban J connectivity index is 1.86. The van der Waals surface area contributed by atoms with Gasteiger partial charge in [0.1, 0.15) is 11.5 Å². The molecule has 2 heterocycles. The van der Waals surface area contributed by atoms with Gasteiger partial charge >= 0.3 is 0 Å². The van der Waals surface area contributed by atoms with E-state index in [1.54, 1.807) is 68.0 Å². The average molecular weight is 460 g/mol. The Morgan fingerprint density at radius 3 is 2.32 bits per heavy atom. The smallest absolute Gasteiger partial charge is 0.295 e. The molecule has 1 aromatic heterocycles. The largest absolute Gasteiger partial charge is 0.507 e. The third-order valence-corrected chi connectivity index (χ3v) is 5.70. The Hall–Kier alpha value is -4.33. The molecule has 3 aromatic rings. The Bertz CT molecular complexity index is 1240. The molecule has 8 heteroatoms. The van der Waals surface area contributed by atoms with Crippen molar-refractivity contribution in [3.63, 3.8) is 0 Å². The number of aromatic nitrogens is 1. The maximum Gasteiger partial charge on any atom is 0.295 e. The molecular weight excluding hydrogens is 436 g/mol. The van der Waals surface area contributed by atoms with Gasteiger partial charge in [-0.05, 0) is 47.5 Å². The number of nitrogens with zero attached hydrogens (tertiary/aromatic N) is 2. The summed E-state index contributed by atoms with van der Waals surface area (Å²) in [4.78, 5) is 31.9. The van der Waals surface area contributed by atoms with Gasteiger partial charge in [-0.25, -0.2) is 0 Å². The lowest BCUT2D eigenvalue weighted by Gasteiger charge is -2.25. The van der Waals surface area contributed by atoms with Gasteiger partial charge in [-0.2, -0.15) is 0 Å². The molecule has 1 aliphatic heterocycles. The van der Waals surface area contributed by atoms with Gasteiger partial charge < -0.3 is 24.2 Å². The van der Waals surface area contributed by atoms with Gasteiger partial charge in [-0.1, -0.05) is 18.2 Å². The fraction of sp³-hybridized carbons (Fsp3) is 0.192. The number of ether oxygens (including phenoxy) is 3. The zero-order chi connectivity index (χ0) is 24.2. The highest BCUT2D eigenvalue weighted by Gasteiger charge is 2.46. The molecule has 0 bridgehead atoms. The monoisotopic (exact) mass is 460 g/mol. The number of aliphatic hydroxyl groups is 1.